The van der Waals surface area contributed by atoms with Crippen LogP contribution in [0.2, 0.25) is 0 Å². The van der Waals surface area contributed by atoms with E-state index in [2.05, 4.69) is 25.7 Å². The number of nitrogens with one attached hydrogen (secondary N) is 4. The van der Waals surface area contributed by atoms with Crippen LogP contribution < -0.4 is 26.4 Å². The molecule has 2 heterocycles. The van der Waals surface area contributed by atoms with Crippen LogP contribution in [0.1, 0.15) is 36.9 Å². The number of anilines is 1. The van der Waals surface area contributed by atoms with Gasteiger partial charge in [-0.2, -0.15) is 0 Å². The van der Waals surface area contributed by atoms with Crippen LogP contribution in [-0.2, 0) is 21.2 Å². The van der Waals surface area contributed by atoms with E-state index in [-0.39, 0.29) is 23.9 Å². The molecule has 2 fully saturated rings. The Labute approximate surface area is 174 Å². The number of hydrogen-bond donors (Lipinski definition) is 5. The normalized spacial score (nSPS) is 29.7. The Kier molecular flexibility index (Phi) is 4.31. The van der Waals surface area contributed by atoms with E-state index in [9.17, 15) is 13.2 Å². The number of hydrogen-bond acceptors (Lipinski definition) is 8. The minimum Gasteiger partial charge on any atom is -0.443 e. The lowest BCUT2D eigenvalue weighted by Crippen LogP contribution is -2.54. The van der Waals surface area contributed by atoms with Gasteiger partial charge in [0.15, 0.2) is 0 Å². The molecule has 1 aromatic rings. The lowest BCUT2D eigenvalue weighted by atomic mass is 10.0. The average molecular weight is 433 g/mol. The molecule has 1 saturated carbocycles. The Hall–Kier alpha value is -2.63. The van der Waals surface area contributed by atoms with Gasteiger partial charge in [0.1, 0.15) is 11.8 Å². The Morgan fingerprint density at radius 3 is 2.93 bits per heavy atom. The summed E-state index contributed by atoms with van der Waals surface area (Å²) in [5, 5.41) is 8.77. The van der Waals surface area contributed by atoms with Crippen LogP contribution in [0.4, 0.5) is 10.5 Å². The summed E-state index contributed by atoms with van der Waals surface area (Å²) in [5.74, 6) is 0.412. The third kappa shape index (κ3) is 3.42. The number of guanidine groups is 1. The smallest absolute Gasteiger partial charge is 0.408 e. The van der Waals surface area contributed by atoms with Crippen molar-refractivity contribution in [3.63, 3.8) is 0 Å². The van der Waals surface area contributed by atoms with Gasteiger partial charge in [-0.25, -0.2) is 22.9 Å². The Morgan fingerprint density at radius 1 is 1.37 bits per heavy atom. The molecule has 6 N–H and O–H groups in total. The fourth-order valence-electron chi connectivity index (χ4n) is 3.97. The van der Waals surface area contributed by atoms with E-state index in [0.29, 0.717) is 30.8 Å². The summed E-state index contributed by atoms with van der Waals surface area (Å²) in [6, 6.07) is 5.72. The number of fused-ring (bicyclic) bond motifs is 3. The van der Waals surface area contributed by atoms with Gasteiger partial charge in [0.2, 0.25) is 16.0 Å². The molecule has 4 aliphatic rings. The van der Waals surface area contributed by atoms with Crippen molar-refractivity contribution in [1.29, 1.82) is 0 Å². The van der Waals surface area contributed by atoms with Crippen LogP contribution in [0.25, 0.3) is 0 Å². The van der Waals surface area contributed by atoms with Crippen LogP contribution >= 0.6 is 0 Å². The first-order valence-corrected chi connectivity index (χ1v) is 11.5. The van der Waals surface area contributed by atoms with Crippen molar-refractivity contribution in [2.45, 2.75) is 49.2 Å². The largest absolute Gasteiger partial charge is 0.443 e. The second kappa shape index (κ2) is 6.69. The lowest BCUT2D eigenvalue weighted by Gasteiger charge is -2.31. The van der Waals surface area contributed by atoms with Crippen molar-refractivity contribution < 1.29 is 17.9 Å². The van der Waals surface area contributed by atoms with Crippen molar-refractivity contribution >= 4 is 27.8 Å². The fraction of sp³-hybridized carbons (Fsp3) is 0.474. The lowest BCUT2D eigenvalue weighted by molar-refractivity contribution is 0.136. The number of benzene rings is 1. The molecular formula is C19H24N6O4S. The van der Waals surface area contributed by atoms with Gasteiger partial charge in [-0.3, -0.25) is 0 Å². The molecule has 1 unspecified atom stereocenters. The molecule has 10 nitrogen and oxygen atoms in total. The van der Waals surface area contributed by atoms with Gasteiger partial charge in [-0.15, -0.1) is 0 Å². The number of rotatable bonds is 5. The zero-order valence-corrected chi connectivity index (χ0v) is 17.3. The number of nitrogens with two attached hydrogens (primary N) is 1. The summed E-state index contributed by atoms with van der Waals surface area (Å²) < 4.78 is 32.2. The van der Waals surface area contributed by atoms with Crippen LogP contribution in [0.15, 0.2) is 35.0 Å². The summed E-state index contributed by atoms with van der Waals surface area (Å²) in [6.07, 6.45) is 3.21. The number of carbonyl (C=O) groups excluding carboxylic acids is 1. The van der Waals surface area contributed by atoms with E-state index in [4.69, 9.17) is 10.5 Å². The Bertz CT molecular complexity index is 1080. The minimum atomic E-state index is -3.36. The van der Waals surface area contributed by atoms with Gasteiger partial charge in [0, 0.05) is 18.3 Å². The van der Waals surface area contributed by atoms with E-state index < -0.39 is 21.8 Å². The monoisotopic (exact) mass is 432 g/mol. The molecule has 2 aliphatic carbocycles. The topological polar surface area (TPSA) is 147 Å². The Balaban J connectivity index is 1.32. The molecule has 11 heteroatoms. The van der Waals surface area contributed by atoms with Crippen molar-refractivity contribution in [2.75, 3.05) is 11.9 Å². The van der Waals surface area contributed by atoms with E-state index >= 15 is 0 Å². The highest BCUT2D eigenvalue weighted by Crippen LogP contribution is 2.38. The minimum absolute atomic E-state index is 0.0155. The van der Waals surface area contributed by atoms with Crippen molar-refractivity contribution in [3.05, 3.63) is 41.1 Å². The van der Waals surface area contributed by atoms with Crippen molar-refractivity contribution in [1.82, 2.24) is 15.4 Å². The van der Waals surface area contributed by atoms with Gasteiger partial charge in [-0.1, -0.05) is 6.07 Å². The number of aliphatic imine (C=N–C) groups is 1. The predicted molar refractivity (Wildman–Crippen MR) is 111 cm³/mol. The SMILES string of the molecule is CC1=CNC(Nc2ccc3c(c2)[C@@H]2NC(=O)O[C@@H]2C3)=NC1(N)CNS(=O)(=O)C1CC1. The summed E-state index contributed by atoms with van der Waals surface area (Å²) >= 11 is 0. The maximum atomic E-state index is 12.2. The van der Waals surface area contributed by atoms with Gasteiger partial charge in [0.25, 0.3) is 0 Å². The standard InChI is InChI=1S/C19H24N6O4S/c1-10-8-21-17(25-19(10,20)9-22-30(27,28)13-4-5-13)23-12-3-2-11-6-15-16(14(11)7-12)24-18(26)29-15/h2-3,7-8,13,15-16,22H,4-6,9,20H2,1H3,(H,24,26)(H2,21,23,25)/t15-,16+,19?/m1/s1. The maximum Gasteiger partial charge on any atom is 0.408 e. The zero-order valence-electron chi connectivity index (χ0n) is 16.4. The fourth-order valence-corrected chi connectivity index (χ4v) is 5.38. The number of carbonyl (C=O) groups is 1. The molecule has 1 saturated heterocycles. The van der Waals surface area contributed by atoms with Gasteiger partial charge in [0.05, 0.1) is 17.8 Å². The number of nitrogens with zero attached hydrogens (tertiary/aromatic N) is 1. The van der Waals surface area contributed by atoms with E-state index in [1.54, 1.807) is 13.1 Å². The molecule has 2 aliphatic heterocycles. The molecule has 0 bridgehead atoms. The number of sulfonamides is 1. The van der Waals surface area contributed by atoms with Crippen LogP contribution in [0, 0.1) is 0 Å². The maximum absolute atomic E-state index is 12.2. The Morgan fingerprint density at radius 2 is 2.17 bits per heavy atom. The predicted octanol–water partition coefficient (Wildman–Crippen LogP) is 0.404. The summed E-state index contributed by atoms with van der Waals surface area (Å²) in [4.78, 5) is 16.0. The third-order valence-electron chi connectivity index (χ3n) is 5.99. The second-order valence-electron chi connectivity index (χ2n) is 8.23. The highest BCUT2D eigenvalue weighted by atomic mass is 32.2. The molecule has 3 atom stereocenters. The zero-order chi connectivity index (χ0) is 21.1. The van der Waals surface area contributed by atoms with E-state index in [1.165, 1.54) is 0 Å². The quantitative estimate of drug-likeness (QED) is 0.453. The number of alkyl carbamates (subject to hydrolysis) is 1. The molecule has 1 amide bonds. The second-order valence-corrected chi connectivity index (χ2v) is 10.3. The molecule has 160 valence electrons. The van der Waals surface area contributed by atoms with Gasteiger partial charge in [-0.05, 0) is 48.6 Å². The first-order chi connectivity index (χ1) is 14.2. The third-order valence-corrected chi connectivity index (χ3v) is 7.89. The molecule has 0 radical (unpaired) electrons. The van der Waals surface area contributed by atoms with Gasteiger partial charge >= 0.3 is 6.09 Å². The molecule has 0 spiro atoms. The first kappa shape index (κ1) is 19.3. The van der Waals surface area contributed by atoms with Crippen LogP contribution in [-0.4, -0.2) is 44.0 Å². The van der Waals surface area contributed by atoms with Crippen LogP contribution in [0.3, 0.4) is 0 Å². The summed E-state index contributed by atoms with van der Waals surface area (Å²) in [5.41, 5.74) is 8.87. The molecule has 30 heavy (non-hydrogen) atoms. The number of amides is 1. The summed E-state index contributed by atoms with van der Waals surface area (Å²) in [7, 11) is -3.36. The molecule has 1 aromatic carbocycles. The van der Waals surface area contributed by atoms with Crippen LogP contribution in [0.5, 0.6) is 0 Å². The van der Waals surface area contributed by atoms with Gasteiger partial charge < -0.3 is 26.4 Å². The van der Waals surface area contributed by atoms with Crippen molar-refractivity contribution in [2.24, 2.45) is 10.7 Å². The molecule has 5 rings (SSSR count). The van der Waals surface area contributed by atoms with E-state index in [1.807, 2.05) is 18.2 Å². The molecule has 0 aromatic heterocycles. The molecular weight excluding hydrogens is 408 g/mol. The highest BCUT2D eigenvalue weighted by molar-refractivity contribution is 7.90. The highest BCUT2D eigenvalue weighted by Gasteiger charge is 2.42. The average Bonchev–Trinajstić information content (AvgIpc) is 3.43. The van der Waals surface area contributed by atoms with E-state index in [0.717, 1.165) is 16.8 Å². The first-order valence-electron chi connectivity index (χ1n) is 9.91. The van der Waals surface area contributed by atoms with Crippen molar-refractivity contribution in [3.8, 4) is 0 Å². The summed E-state index contributed by atoms with van der Waals surface area (Å²) in [6.45, 7) is 1.79. The number of ether oxygens (including phenoxy) is 1.